The number of aliphatic carboxylic acids is 1. The zero-order valence-corrected chi connectivity index (χ0v) is 10.8. The molecule has 8 nitrogen and oxygen atoms in total. The van der Waals surface area contributed by atoms with E-state index < -0.39 is 11.9 Å². The van der Waals surface area contributed by atoms with Crippen molar-refractivity contribution in [3.05, 3.63) is 30.1 Å². The number of nitrogens with zero attached hydrogens (tertiary/aromatic N) is 3. The van der Waals surface area contributed by atoms with Crippen LogP contribution in [0.4, 0.5) is 5.82 Å². The summed E-state index contributed by atoms with van der Waals surface area (Å²) >= 11 is 0. The van der Waals surface area contributed by atoms with Crippen molar-refractivity contribution in [1.82, 2.24) is 14.5 Å². The Bertz CT molecular complexity index is 900. The van der Waals surface area contributed by atoms with E-state index in [0.29, 0.717) is 27.5 Å². The van der Waals surface area contributed by atoms with Crippen molar-refractivity contribution >= 4 is 39.6 Å². The van der Waals surface area contributed by atoms with Crippen LogP contribution < -0.4 is 11.5 Å². The third kappa shape index (κ3) is 1.93. The molecule has 0 spiro atoms. The monoisotopic (exact) mass is 285 g/mol. The molecule has 0 unspecified atom stereocenters. The molecule has 0 atom stereocenters. The van der Waals surface area contributed by atoms with Gasteiger partial charge in [0.05, 0.1) is 10.9 Å². The molecule has 0 aliphatic carbocycles. The number of carboxylic acids is 1. The van der Waals surface area contributed by atoms with Gasteiger partial charge >= 0.3 is 5.97 Å². The average Bonchev–Trinajstić information content (AvgIpc) is 2.73. The van der Waals surface area contributed by atoms with Crippen LogP contribution >= 0.6 is 0 Å². The number of amides is 1. The molecule has 0 aliphatic heterocycles. The maximum atomic E-state index is 11.3. The van der Waals surface area contributed by atoms with E-state index >= 15 is 0 Å². The summed E-state index contributed by atoms with van der Waals surface area (Å²) < 4.78 is 1.51. The van der Waals surface area contributed by atoms with Crippen LogP contribution in [0.5, 0.6) is 0 Å². The Labute approximate surface area is 118 Å². The third-order valence-electron chi connectivity index (χ3n) is 3.25. The van der Waals surface area contributed by atoms with Gasteiger partial charge in [0.1, 0.15) is 24.3 Å². The lowest BCUT2D eigenvalue weighted by Crippen LogP contribution is -2.11. The van der Waals surface area contributed by atoms with Crippen LogP contribution in [0.3, 0.4) is 0 Å². The predicted molar refractivity (Wildman–Crippen MR) is 75.6 cm³/mol. The number of benzene rings is 1. The van der Waals surface area contributed by atoms with E-state index in [9.17, 15) is 9.59 Å². The number of anilines is 1. The van der Waals surface area contributed by atoms with E-state index in [-0.39, 0.29) is 12.4 Å². The Morgan fingerprint density at radius 2 is 2.05 bits per heavy atom. The van der Waals surface area contributed by atoms with Crippen LogP contribution in [0.2, 0.25) is 0 Å². The minimum absolute atomic E-state index is 0.218. The van der Waals surface area contributed by atoms with E-state index in [4.69, 9.17) is 16.6 Å². The number of rotatable bonds is 3. The Balaban J connectivity index is 2.46. The standard InChI is InChI=1S/C13H11N5O3/c14-11-10-7-3-6(12(15)21)1-2-8(7)18(4-9(19)20)13(10)17-5-16-11/h1-3,5H,4H2,(H2,15,21)(H,19,20)(H2,14,16,17). The first kappa shape index (κ1) is 12.9. The molecule has 0 fully saturated rings. The molecule has 0 saturated carbocycles. The van der Waals surface area contributed by atoms with Crippen molar-refractivity contribution in [2.45, 2.75) is 6.54 Å². The second-order valence-electron chi connectivity index (χ2n) is 4.53. The Morgan fingerprint density at radius 3 is 2.71 bits per heavy atom. The highest BCUT2D eigenvalue weighted by Gasteiger charge is 2.17. The summed E-state index contributed by atoms with van der Waals surface area (Å²) in [7, 11) is 0. The number of fused-ring (bicyclic) bond motifs is 3. The molecule has 2 aromatic heterocycles. The number of carbonyl (C=O) groups is 2. The van der Waals surface area contributed by atoms with Crippen LogP contribution in [-0.4, -0.2) is 31.5 Å². The molecule has 8 heteroatoms. The lowest BCUT2D eigenvalue weighted by Gasteiger charge is -2.02. The van der Waals surface area contributed by atoms with Crippen LogP contribution in [0, 0.1) is 0 Å². The van der Waals surface area contributed by atoms with Crippen molar-refractivity contribution in [2.24, 2.45) is 5.73 Å². The molecule has 1 aromatic carbocycles. The van der Waals surface area contributed by atoms with Crippen molar-refractivity contribution < 1.29 is 14.7 Å². The fraction of sp³-hybridized carbons (Fsp3) is 0.0769. The number of aromatic nitrogens is 3. The van der Waals surface area contributed by atoms with Crippen molar-refractivity contribution in [3.8, 4) is 0 Å². The van der Waals surface area contributed by atoms with Crippen molar-refractivity contribution in [3.63, 3.8) is 0 Å². The number of hydrogen-bond acceptors (Lipinski definition) is 5. The molecule has 0 radical (unpaired) electrons. The molecule has 3 rings (SSSR count). The molecule has 5 N–H and O–H groups in total. The van der Waals surface area contributed by atoms with E-state index in [2.05, 4.69) is 9.97 Å². The number of nitrogen functional groups attached to an aromatic ring is 1. The average molecular weight is 285 g/mol. The first-order valence-corrected chi connectivity index (χ1v) is 6.03. The number of primary amides is 1. The number of carboxylic acid groups (broad SMARTS) is 1. The quantitative estimate of drug-likeness (QED) is 0.635. The summed E-state index contributed by atoms with van der Waals surface area (Å²) in [6, 6.07) is 4.73. The minimum Gasteiger partial charge on any atom is -0.480 e. The van der Waals surface area contributed by atoms with E-state index in [0.717, 1.165) is 0 Å². The van der Waals surface area contributed by atoms with Gasteiger partial charge in [0.2, 0.25) is 5.91 Å². The molecule has 21 heavy (non-hydrogen) atoms. The summed E-state index contributed by atoms with van der Waals surface area (Å²) in [4.78, 5) is 30.4. The first-order chi connectivity index (χ1) is 9.99. The first-order valence-electron chi connectivity index (χ1n) is 6.03. The van der Waals surface area contributed by atoms with Crippen molar-refractivity contribution in [2.75, 3.05) is 5.73 Å². The van der Waals surface area contributed by atoms with Crippen LogP contribution in [-0.2, 0) is 11.3 Å². The summed E-state index contributed by atoms with van der Waals surface area (Å²) in [6.45, 7) is -0.271. The molecular formula is C13H11N5O3. The van der Waals surface area contributed by atoms with Gasteiger partial charge in [-0.15, -0.1) is 0 Å². The Kier molecular flexibility index (Phi) is 2.72. The van der Waals surface area contributed by atoms with Crippen LogP contribution in [0.25, 0.3) is 21.9 Å². The molecule has 2 heterocycles. The number of carbonyl (C=O) groups excluding carboxylic acids is 1. The predicted octanol–water partition coefficient (Wildman–Crippen LogP) is 0.350. The maximum absolute atomic E-state index is 11.3. The molecule has 106 valence electrons. The van der Waals surface area contributed by atoms with Gasteiger partial charge in [-0.1, -0.05) is 0 Å². The minimum atomic E-state index is -1.01. The van der Waals surface area contributed by atoms with Crippen molar-refractivity contribution in [1.29, 1.82) is 0 Å². The van der Waals surface area contributed by atoms with Gasteiger partial charge in [-0.2, -0.15) is 0 Å². The smallest absolute Gasteiger partial charge is 0.323 e. The normalized spacial score (nSPS) is 11.0. The second kappa shape index (κ2) is 4.44. The molecule has 1 amide bonds. The molecule has 0 saturated heterocycles. The van der Waals surface area contributed by atoms with E-state index in [1.165, 1.54) is 17.0 Å². The Hall–Kier alpha value is -3.16. The molecular weight excluding hydrogens is 274 g/mol. The summed E-state index contributed by atoms with van der Waals surface area (Å²) in [5.41, 5.74) is 12.4. The summed E-state index contributed by atoms with van der Waals surface area (Å²) in [5.74, 6) is -1.37. The second-order valence-corrected chi connectivity index (χ2v) is 4.53. The Morgan fingerprint density at radius 1 is 1.29 bits per heavy atom. The fourth-order valence-corrected chi connectivity index (χ4v) is 2.39. The van der Waals surface area contributed by atoms with Gasteiger partial charge in [-0.3, -0.25) is 9.59 Å². The van der Waals surface area contributed by atoms with E-state index in [1.807, 2.05) is 0 Å². The largest absolute Gasteiger partial charge is 0.480 e. The third-order valence-corrected chi connectivity index (χ3v) is 3.25. The zero-order valence-electron chi connectivity index (χ0n) is 10.8. The lowest BCUT2D eigenvalue weighted by molar-refractivity contribution is -0.137. The summed E-state index contributed by atoms with van der Waals surface area (Å²) in [6.07, 6.45) is 1.27. The topological polar surface area (TPSA) is 137 Å². The lowest BCUT2D eigenvalue weighted by atomic mass is 10.1. The fourth-order valence-electron chi connectivity index (χ4n) is 2.39. The molecule has 0 aliphatic rings. The highest BCUT2D eigenvalue weighted by atomic mass is 16.4. The van der Waals surface area contributed by atoms with Gasteiger partial charge in [0, 0.05) is 10.9 Å². The highest BCUT2D eigenvalue weighted by molar-refractivity contribution is 6.13. The number of hydrogen-bond donors (Lipinski definition) is 3. The SMILES string of the molecule is NC(=O)c1ccc2c(c1)c1c(N)ncnc1n2CC(=O)O. The van der Waals surface area contributed by atoms with Gasteiger partial charge in [-0.05, 0) is 18.2 Å². The summed E-state index contributed by atoms with van der Waals surface area (Å²) in [5, 5.41) is 10.2. The molecule has 0 bridgehead atoms. The highest BCUT2D eigenvalue weighted by Crippen LogP contribution is 2.31. The zero-order chi connectivity index (χ0) is 15.1. The maximum Gasteiger partial charge on any atom is 0.323 e. The van der Waals surface area contributed by atoms with Gasteiger partial charge in [0.25, 0.3) is 0 Å². The van der Waals surface area contributed by atoms with Gasteiger partial charge in [0.15, 0.2) is 0 Å². The molecule has 3 aromatic rings. The number of nitrogens with two attached hydrogens (primary N) is 2. The van der Waals surface area contributed by atoms with E-state index in [1.54, 1.807) is 12.1 Å². The van der Waals surface area contributed by atoms with Gasteiger partial charge < -0.3 is 21.1 Å². The van der Waals surface area contributed by atoms with Crippen LogP contribution in [0.1, 0.15) is 10.4 Å². The van der Waals surface area contributed by atoms with Crippen LogP contribution in [0.15, 0.2) is 24.5 Å². The van der Waals surface area contributed by atoms with Gasteiger partial charge in [-0.25, -0.2) is 9.97 Å².